The molecule has 0 saturated heterocycles. The molecule has 10 heavy (non-hydrogen) atoms. The third-order valence-electron chi connectivity index (χ3n) is 1.05. The summed E-state index contributed by atoms with van der Waals surface area (Å²) in [7, 11) is 0. The van der Waals surface area contributed by atoms with Gasteiger partial charge in [-0.3, -0.25) is 4.79 Å². The first-order valence-electron chi connectivity index (χ1n) is 3.18. The molecular formula is C9H12O. The van der Waals surface area contributed by atoms with E-state index in [-0.39, 0.29) is 5.78 Å². The maximum absolute atomic E-state index is 10.8. The lowest BCUT2D eigenvalue weighted by atomic mass is 10.1. The second kappa shape index (κ2) is 4.74. The summed E-state index contributed by atoms with van der Waals surface area (Å²) in [4.78, 5) is 10.8. The summed E-state index contributed by atoms with van der Waals surface area (Å²) >= 11 is 0. The first-order valence-corrected chi connectivity index (χ1v) is 3.18. The van der Waals surface area contributed by atoms with Crippen LogP contribution in [0.25, 0.3) is 0 Å². The highest BCUT2D eigenvalue weighted by molar-refractivity contribution is 5.96. The second-order valence-corrected chi connectivity index (χ2v) is 1.91. The summed E-state index contributed by atoms with van der Waals surface area (Å²) in [6.07, 6.45) is 6.90. The zero-order chi connectivity index (χ0) is 7.98. The zero-order valence-corrected chi connectivity index (χ0v) is 6.42. The van der Waals surface area contributed by atoms with Crippen LogP contribution in [0.3, 0.4) is 0 Å². The lowest BCUT2D eigenvalue weighted by Gasteiger charge is -1.90. The van der Waals surface area contributed by atoms with Gasteiger partial charge in [-0.1, -0.05) is 30.9 Å². The van der Waals surface area contributed by atoms with Crippen LogP contribution < -0.4 is 0 Å². The number of Topliss-reactive ketones (excluding diaryl/α,β-unsaturated/α-hetero) is 1. The van der Waals surface area contributed by atoms with E-state index < -0.39 is 0 Å². The van der Waals surface area contributed by atoms with E-state index in [0.717, 1.165) is 0 Å². The van der Waals surface area contributed by atoms with Gasteiger partial charge < -0.3 is 0 Å². The quantitative estimate of drug-likeness (QED) is 0.429. The number of rotatable bonds is 3. The first-order chi connectivity index (χ1) is 4.72. The van der Waals surface area contributed by atoms with Crippen molar-refractivity contribution in [1.82, 2.24) is 0 Å². The van der Waals surface area contributed by atoms with Gasteiger partial charge in [0, 0.05) is 5.57 Å². The van der Waals surface area contributed by atoms with Gasteiger partial charge in [0.1, 0.15) is 0 Å². The van der Waals surface area contributed by atoms with Crippen molar-refractivity contribution in [2.45, 2.75) is 13.8 Å². The third-order valence-corrected chi connectivity index (χ3v) is 1.05. The molecule has 0 radical (unpaired) electrons. The second-order valence-electron chi connectivity index (χ2n) is 1.91. The smallest absolute Gasteiger partial charge is 0.159 e. The Morgan fingerprint density at radius 2 is 2.10 bits per heavy atom. The molecule has 0 aromatic rings. The van der Waals surface area contributed by atoms with Gasteiger partial charge in [0.15, 0.2) is 5.78 Å². The predicted molar refractivity (Wildman–Crippen MR) is 43.8 cm³/mol. The Hall–Kier alpha value is -1.11. The molecule has 0 spiro atoms. The van der Waals surface area contributed by atoms with Crippen LogP contribution in [0.5, 0.6) is 0 Å². The average Bonchev–Trinajstić information content (AvgIpc) is 1.87. The van der Waals surface area contributed by atoms with Crippen LogP contribution in [0.4, 0.5) is 0 Å². The minimum atomic E-state index is 0.0676. The van der Waals surface area contributed by atoms with Crippen molar-refractivity contribution in [3.8, 4) is 0 Å². The Balaban J connectivity index is 4.41. The normalized spacial score (nSPS) is 12.0. The van der Waals surface area contributed by atoms with E-state index in [1.165, 1.54) is 6.92 Å². The zero-order valence-electron chi connectivity index (χ0n) is 6.42. The average molecular weight is 136 g/mol. The molecule has 0 unspecified atom stereocenters. The van der Waals surface area contributed by atoms with Crippen molar-refractivity contribution in [2.24, 2.45) is 0 Å². The molecule has 0 fully saturated rings. The number of ketones is 1. The van der Waals surface area contributed by atoms with Gasteiger partial charge >= 0.3 is 0 Å². The Kier molecular flexibility index (Phi) is 4.21. The molecule has 0 aliphatic rings. The molecule has 0 aliphatic carbocycles. The van der Waals surface area contributed by atoms with Crippen molar-refractivity contribution in [3.05, 3.63) is 36.5 Å². The van der Waals surface area contributed by atoms with Crippen LogP contribution in [-0.2, 0) is 4.79 Å². The number of carbonyl (C=O) groups excluding carboxylic acids is 1. The number of allylic oxidation sites excluding steroid dienone is 5. The molecule has 1 nitrogen and oxygen atoms in total. The van der Waals surface area contributed by atoms with Gasteiger partial charge in [0.2, 0.25) is 0 Å². The van der Waals surface area contributed by atoms with Gasteiger partial charge in [-0.15, -0.1) is 0 Å². The molecule has 0 atom stereocenters. The molecule has 0 N–H and O–H groups in total. The SMILES string of the molecule is C=C/C=C(\C=C/C)C(C)=O. The molecule has 0 aromatic carbocycles. The molecule has 0 aromatic heterocycles. The van der Waals surface area contributed by atoms with Gasteiger partial charge in [-0.2, -0.15) is 0 Å². The van der Waals surface area contributed by atoms with E-state index in [1.54, 1.807) is 18.2 Å². The molecule has 0 rings (SSSR count). The molecular weight excluding hydrogens is 124 g/mol. The van der Waals surface area contributed by atoms with Crippen molar-refractivity contribution < 1.29 is 4.79 Å². The summed E-state index contributed by atoms with van der Waals surface area (Å²) in [5.41, 5.74) is 0.692. The number of carbonyl (C=O) groups is 1. The van der Waals surface area contributed by atoms with Crippen LogP contribution in [0.15, 0.2) is 36.5 Å². The molecule has 0 saturated carbocycles. The van der Waals surface area contributed by atoms with Crippen LogP contribution >= 0.6 is 0 Å². The number of hydrogen-bond acceptors (Lipinski definition) is 1. The maximum atomic E-state index is 10.8. The van der Waals surface area contributed by atoms with E-state index in [1.807, 2.05) is 13.0 Å². The minimum Gasteiger partial charge on any atom is -0.295 e. The molecule has 0 heterocycles. The highest BCUT2D eigenvalue weighted by Gasteiger charge is 1.94. The van der Waals surface area contributed by atoms with E-state index in [9.17, 15) is 4.79 Å². The van der Waals surface area contributed by atoms with E-state index in [0.29, 0.717) is 5.57 Å². The summed E-state index contributed by atoms with van der Waals surface area (Å²) in [5.74, 6) is 0.0676. The summed E-state index contributed by atoms with van der Waals surface area (Å²) in [5, 5.41) is 0. The van der Waals surface area contributed by atoms with Crippen LogP contribution in [0.1, 0.15) is 13.8 Å². The maximum Gasteiger partial charge on any atom is 0.159 e. The van der Waals surface area contributed by atoms with Crippen LogP contribution in [0, 0.1) is 0 Å². The Morgan fingerprint density at radius 1 is 1.50 bits per heavy atom. The van der Waals surface area contributed by atoms with Gasteiger partial charge in [0.25, 0.3) is 0 Å². The van der Waals surface area contributed by atoms with Crippen molar-refractivity contribution in [1.29, 1.82) is 0 Å². The van der Waals surface area contributed by atoms with Gasteiger partial charge in [-0.25, -0.2) is 0 Å². The van der Waals surface area contributed by atoms with E-state index >= 15 is 0 Å². The highest BCUT2D eigenvalue weighted by atomic mass is 16.1. The summed E-state index contributed by atoms with van der Waals surface area (Å²) in [6, 6.07) is 0. The Labute approximate surface area is 61.8 Å². The molecule has 54 valence electrons. The molecule has 1 heteroatoms. The summed E-state index contributed by atoms with van der Waals surface area (Å²) in [6.45, 7) is 6.91. The van der Waals surface area contributed by atoms with Gasteiger partial charge in [-0.05, 0) is 13.8 Å². The van der Waals surface area contributed by atoms with E-state index in [4.69, 9.17) is 0 Å². The van der Waals surface area contributed by atoms with Gasteiger partial charge in [0.05, 0.1) is 0 Å². The lowest BCUT2D eigenvalue weighted by Crippen LogP contribution is -1.91. The standard InChI is InChI=1S/C9H12O/c1-4-6-9(7-5-2)8(3)10/h4-7H,1H2,2-3H3/b7-5-,9-6+. The lowest BCUT2D eigenvalue weighted by molar-refractivity contribution is -0.113. The van der Waals surface area contributed by atoms with E-state index in [2.05, 4.69) is 6.58 Å². The van der Waals surface area contributed by atoms with Crippen molar-refractivity contribution in [2.75, 3.05) is 0 Å². The molecule has 0 amide bonds. The van der Waals surface area contributed by atoms with Crippen molar-refractivity contribution in [3.63, 3.8) is 0 Å². The highest BCUT2D eigenvalue weighted by Crippen LogP contribution is 1.97. The fourth-order valence-electron chi connectivity index (χ4n) is 0.597. The van der Waals surface area contributed by atoms with Crippen molar-refractivity contribution >= 4 is 5.78 Å². The monoisotopic (exact) mass is 136 g/mol. The molecule has 0 aliphatic heterocycles. The fraction of sp³-hybridized carbons (Fsp3) is 0.222. The summed E-state index contributed by atoms with van der Waals surface area (Å²) < 4.78 is 0. The Bertz CT molecular complexity index is 185. The minimum absolute atomic E-state index is 0.0676. The fourth-order valence-corrected chi connectivity index (χ4v) is 0.597. The van der Waals surface area contributed by atoms with Crippen LogP contribution in [-0.4, -0.2) is 5.78 Å². The Morgan fingerprint density at radius 3 is 2.40 bits per heavy atom. The molecule has 0 bridgehead atoms. The topological polar surface area (TPSA) is 17.1 Å². The predicted octanol–water partition coefficient (Wildman–Crippen LogP) is 2.26. The first kappa shape index (κ1) is 8.89. The largest absolute Gasteiger partial charge is 0.295 e. The number of hydrogen-bond donors (Lipinski definition) is 0. The third kappa shape index (κ3) is 3.02. The van der Waals surface area contributed by atoms with Crippen LogP contribution in [0.2, 0.25) is 0 Å².